The van der Waals surface area contributed by atoms with Crippen LogP contribution >= 0.6 is 11.8 Å². The molecule has 1 heterocycles. The van der Waals surface area contributed by atoms with E-state index in [0.29, 0.717) is 16.4 Å². The molecule has 0 aromatic heterocycles. The van der Waals surface area contributed by atoms with E-state index >= 15 is 0 Å². The van der Waals surface area contributed by atoms with Crippen LogP contribution in [0.15, 0.2) is 77.4 Å². The number of benzene rings is 3. The Kier molecular flexibility index (Phi) is 6.56. The van der Waals surface area contributed by atoms with Crippen LogP contribution in [0.2, 0.25) is 0 Å². The molecule has 0 fully saturated rings. The van der Waals surface area contributed by atoms with Gasteiger partial charge in [0, 0.05) is 5.56 Å². The van der Waals surface area contributed by atoms with E-state index in [1.165, 1.54) is 40.9 Å². The summed E-state index contributed by atoms with van der Waals surface area (Å²) in [6.45, 7) is 5.92. The number of anilines is 1. The molecule has 3 aromatic rings. The zero-order valence-electron chi connectivity index (χ0n) is 18.6. The molecule has 1 aliphatic rings. The van der Waals surface area contributed by atoms with Crippen molar-refractivity contribution in [2.75, 3.05) is 10.7 Å². The molecular formula is C27H23FN2O2S. The summed E-state index contributed by atoms with van der Waals surface area (Å²) in [5, 5.41) is 0.392. The fourth-order valence-electron chi connectivity index (χ4n) is 3.59. The maximum Gasteiger partial charge on any atom is 0.283 e. The highest BCUT2D eigenvalue weighted by molar-refractivity contribution is 8.14. The lowest BCUT2D eigenvalue weighted by atomic mass is 9.99. The Labute approximate surface area is 196 Å². The molecule has 0 spiro atoms. The Morgan fingerprint density at radius 1 is 0.970 bits per heavy atom. The van der Waals surface area contributed by atoms with Gasteiger partial charge >= 0.3 is 0 Å². The van der Waals surface area contributed by atoms with E-state index in [-0.39, 0.29) is 23.1 Å². The van der Waals surface area contributed by atoms with Crippen LogP contribution in [-0.4, -0.2) is 22.6 Å². The van der Waals surface area contributed by atoms with Crippen molar-refractivity contribution in [2.24, 2.45) is 4.99 Å². The Morgan fingerprint density at radius 2 is 1.64 bits per heavy atom. The van der Waals surface area contributed by atoms with Crippen LogP contribution in [0.5, 0.6) is 0 Å². The molecule has 0 atom stereocenters. The number of amidine groups is 1. The van der Waals surface area contributed by atoms with Crippen molar-refractivity contribution in [1.29, 1.82) is 0 Å². The van der Waals surface area contributed by atoms with Gasteiger partial charge in [-0.3, -0.25) is 14.5 Å². The first-order valence-electron chi connectivity index (χ1n) is 10.5. The molecule has 0 bridgehead atoms. The van der Waals surface area contributed by atoms with E-state index in [0.717, 1.165) is 22.3 Å². The Balaban J connectivity index is 1.63. The van der Waals surface area contributed by atoms with Gasteiger partial charge in [-0.15, -0.1) is 0 Å². The minimum Gasteiger partial charge on any atom is -0.293 e. The number of ketones is 1. The van der Waals surface area contributed by atoms with Crippen LogP contribution in [0.3, 0.4) is 0 Å². The zero-order chi connectivity index (χ0) is 23.5. The Hall–Kier alpha value is -3.51. The molecule has 1 aliphatic heterocycles. The van der Waals surface area contributed by atoms with Gasteiger partial charge in [0.15, 0.2) is 11.0 Å². The lowest BCUT2D eigenvalue weighted by Gasteiger charge is -2.18. The molecular weight excluding hydrogens is 435 g/mol. The summed E-state index contributed by atoms with van der Waals surface area (Å²) in [6, 6.07) is 19.0. The first-order chi connectivity index (χ1) is 15.8. The molecule has 1 amide bonds. The largest absolute Gasteiger partial charge is 0.293 e. The fraction of sp³-hybridized carbons (Fsp3) is 0.148. The van der Waals surface area contributed by atoms with E-state index in [1.807, 2.05) is 63.2 Å². The van der Waals surface area contributed by atoms with Crippen molar-refractivity contribution in [3.8, 4) is 0 Å². The molecule has 0 saturated carbocycles. The standard InChI is InChI=1S/C27H23FN2O2S/c1-17-13-19(3)23(14-18(17)2)25(31)16-33-27-29-24(15-20-7-5-4-6-8-20)26(32)30(27)22-11-9-21(28)10-12-22/h4-15H,16H2,1-3H3. The maximum absolute atomic E-state index is 13.5. The second-order valence-electron chi connectivity index (χ2n) is 7.91. The summed E-state index contributed by atoms with van der Waals surface area (Å²) in [4.78, 5) is 32.2. The molecule has 0 radical (unpaired) electrons. The van der Waals surface area contributed by atoms with Crippen LogP contribution in [0.1, 0.15) is 32.6 Å². The van der Waals surface area contributed by atoms with E-state index in [4.69, 9.17) is 0 Å². The van der Waals surface area contributed by atoms with Gasteiger partial charge in [0.25, 0.3) is 5.91 Å². The summed E-state index contributed by atoms with van der Waals surface area (Å²) < 4.78 is 13.5. The monoisotopic (exact) mass is 458 g/mol. The number of amides is 1. The van der Waals surface area contributed by atoms with Gasteiger partial charge in [-0.05, 0) is 79.4 Å². The number of Topliss-reactive ketones (excluding diaryl/α,β-unsaturated/α-hetero) is 1. The number of carbonyl (C=O) groups is 2. The topological polar surface area (TPSA) is 49.7 Å². The van der Waals surface area contributed by atoms with Crippen LogP contribution < -0.4 is 4.90 Å². The van der Waals surface area contributed by atoms with Crippen molar-refractivity contribution >= 4 is 40.4 Å². The van der Waals surface area contributed by atoms with Crippen molar-refractivity contribution in [3.63, 3.8) is 0 Å². The number of halogens is 1. The first-order valence-corrected chi connectivity index (χ1v) is 11.5. The average Bonchev–Trinajstić information content (AvgIpc) is 3.11. The normalized spacial score (nSPS) is 14.7. The van der Waals surface area contributed by atoms with Gasteiger partial charge < -0.3 is 0 Å². The molecule has 33 heavy (non-hydrogen) atoms. The van der Waals surface area contributed by atoms with Crippen LogP contribution in [-0.2, 0) is 4.79 Å². The predicted molar refractivity (Wildman–Crippen MR) is 133 cm³/mol. The number of rotatable bonds is 5. The second-order valence-corrected chi connectivity index (χ2v) is 8.86. The van der Waals surface area contributed by atoms with Crippen LogP contribution in [0.4, 0.5) is 10.1 Å². The minimum atomic E-state index is -0.392. The highest BCUT2D eigenvalue weighted by atomic mass is 32.2. The maximum atomic E-state index is 13.5. The van der Waals surface area contributed by atoms with E-state index in [2.05, 4.69) is 4.99 Å². The quantitative estimate of drug-likeness (QED) is 0.342. The minimum absolute atomic E-state index is 0.0321. The van der Waals surface area contributed by atoms with E-state index in [1.54, 1.807) is 6.08 Å². The van der Waals surface area contributed by atoms with Gasteiger partial charge in [-0.1, -0.05) is 48.2 Å². The summed E-state index contributed by atoms with van der Waals surface area (Å²) in [6.07, 6.45) is 1.71. The third-order valence-electron chi connectivity index (χ3n) is 5.49. The number of thioether (sulfide) groups is 1. The molecule has 0 unspecified atom stereocenters. The van der Waals surface area contributed by atoms with Gasteiger partial charge in [0.05, 0.1) is 11.4 Å². The average molecular weight is 459 g/mol. The summed E-state index contributed by atoms with van der Waals surface area (Å²) in [7, 11) is 0. The summed E-state index contributed by atoms with van der Waals surface area (Å²) in [5.74, 6) is -0.610. The number of hydrogen-bond acceptors (Lipinski definition) is 4. The van der Waals surface area contributed by atoms with Crippen LogP contribution in [0.25, 0.3) is 6.08 Å². The molecule has 4 nitrogen and oxygen atoms in total. The van der Waals surface area contributed by atoms with Crippen molar-refractivity contribution in [1.82, 2.24) is 0 Å². The summed E-state index contributed by atoms with van der Waals surface area (Å²) in [5.41, 5.74) is 5.40. The molecule has 0 saturated heterocycles. The third kappa shape index (κ3) is 4.96. The van der Waals surface area contributed by atoms with Crippen molar-refractivity contribution in [2.45, 2.75) is 20.8 Å². The van der Waals surface area contributed by atoms with E-state index < -0.39 is 5.82 Å². The van der Waals surface area contributed by atoms with Crippen molar-refractivity contribution in [3.05, 3.63) is 106 Å². The number of carbonyl (C=O) groups excluding carboxylic acids is 2. The molecule has 0 aliphatic carbocycles. The lowest BCUT2D eigenvalue weighted by molar-refractivity contribution is -0.113. The van der Waals surface area contributed by atoms with Gasteiger partial charge in [-0.25, -0.2) is 9.38 Å². The molecule has 3 aromatic carbocycles. The highest BCUT2D eigenvalue weighted by Crippen LogP contribution is 2.30. The van der Waals surface area contributed by atoms with Gasteiger partial charge in [0.1, 0.15) is 11.5 Å². The smallest absolute Gasteiger partial charge is 0.283 e. The number of nitrogens with zero attached hydrogens (tertiary/aromatic N) is 2. The first kappa shape index (κ1) is 22.7. The molecule has 4 rings (SSSR count). The SMILES string of the molecule is Cc1cc(C)c(C(=O)CSC2=NC(=Cc3ccccc3)C(=O)N2c2ccc(F)cc2)cc1C. The second kappa shape index (κ2) is 9.55. The highest BCUT2D eigenvalue weighted by Gasteiger charge is 2.32. The fourth-order valence-corrected chi connectivity index (χ4v) is 4.48. The van der Waals surface area contributed by atoms with Gasteiger partial charge in [0.2, 0.25) is 0 Å². The lowest BCUT2D eigenvalue weighted by Crippen LogP contribution is -2.30. The predicted octanol–water partition coefficient (Wildman–Crippen LogP) is 6.11. The van der Waals surface area contributed by atoms with Gasteiger partial charge in [-0.2, -0.15) is 0 Å². The number of hydrogen-bond donors (Lipinski definition) is 0. The molecule has 0 N–H and O–H groups in total. The molecule has 166 valence electrons. The zero-order valence-corrected chi connectivity index (χ0v) is 19.4. The Bertz CT molecular complexity index is 1280. The number of aryl methyl sites for hydroxylation is 3. The van der Waals surface area contributed by atoms with Crippen molar-refractivity contribution < 1.29 is 14.0 Å². The number of aliphatic imine (C=N–C) groups is 1. The Morgan fingerprint density at radius 3 is 2.33 bits per heavy atom. The third-order valence-corrected chi connectivity index (χ3v) is 6.43. The summed E-state index contributed by atoms with van der Waals surface area (Å²) >= 11 is 1.20. The van der Waals surface area contributed by atoms with Crippen LogP contribution in [0, 0.1) is 26.6 Å². The molecule has 6 heteroatoms. The van der Waals surface area contributed by atoms with E-state index in [9.17, 15) is 14.0 Å².